The molecule has 1 amide bonds. The van der Waals surface area contributed by atoms with E-state index in [2.05, 4.69) is 50.8 Å². The van der Waals surface area contributed by atoms with Gasteiger partial charge in [-0.05, 0) is 59.4 Å². The normalized spacial score (nSPS) is 14.4. The Labute approximate surface area is 186 Å². The Balaban J connectivity index is 1.34. The van der Waals surface area contributed by atoms with Crippen LogP contribution in [-0.2, 0) is 12.0 Å². The zero-order chi connectivity index (χ0) is 22.1. The maximum Gasteiger partial charge on any atom is 0.259 e. The van der Waals surface area contributed by atoms with Crippen molar-refractivity contribution in [3.63, 3.8) is 0 Å². The molecule has 1 aliphatic rings. The highest BCUT2D eigenvalue weighted by molar-refractivity contribution is 6.07. The van der Waals surface area contributed by atoms with Crippen molar-refractivity contribution in [1.29, 1.82) is 0 Å². The van der Waals surface area contributed by atoms with Crippen LogP contribution in [0.25, 0.3) is 11.0 Å². The summed E-state index contributed by atoms with van der Waals surface area (Å²) in [7, 11) is 0. The Kier molecular flexibility index (Phi) is 5.01. The van der Waals surface area contributed by atoms with Crippen molar-refractivity contribution in [2.45, 2.75) is 32.2 Å². The second kappa shape index (κ2) is 8.00. The number of aromatic nitrogens is 3. The van der Waals surface area contributed by atoms with Gasteiger partial charge in [0.2, 0.25) is 0 Å². The number of fused-ring (bicyclic) bond motifs is 2. The predicted molar refractivity (Wildman–Crippen MR) is 128 cm³/mol. The van der Waals surface area contributed by atoms with Gasteiger partial charge in [0.05, 0.1) is 5.56 Å². The van der Waals surface area contributed by atoms with E-state index in [1.54, 1.807) is 24.5 Å². The van der Waals surface area contributed by atoms with E-state index in [-0.39, 0.29) is 11.3 Å². The Morgan fingerprint density at radius 1 is 1.12 bits per heavy atom. The maximum atomic E-state index is 13.1. The number of benzene rings is 1. The fraction of sp³-hybridized carbons (Fsp3) is 0.240. The van der Waals surface area contributed by atoms with Crippen LogP contribution in [-0.4, -0.2) is 27.4 Å². The number of hydrogen-bond acceptors (Lipinski definition) is 5. The van der Waals surface area contributed by atoms with Gasteiger partial charge in [-0.15, -0.1) is 0 Å². The van der Waals surface area contributed by atoms with Crippen molar-refractivity contribution in [2.24, 2.45) is 0 Å². The Bertz CT molecular complexity index is 1290. The molecule has 3 aromatic heterocycles. The summed E-state index contributed by atoms with van der Waals surface area (Å²) in [6.07, 6.45) is 6.45. The fourth-order valence-electron chi connectivity index (χ4n) is 4.27. The summed E-state index contributed by atoms with van der Waals surface area (Å²) in [5.41, 5.74) is 5.64. The van der Waals surface area contributed by atoms with E-state index < -0.39 is 0 Å². The third-order valence-corrected chi connectivity index (χ3v) is 6.11. The van der Waals surface area contributed by atoms with Crippen molar-refractivity contribution in [2.75, 3.05) is 22.5 Å². The van der Waals surface area contributed by atoms with Gasteiger partial charge < -0.3 is 20.9 Å². The third kappa shape index (κ3) is 3.77. The van der Waals surface area contributed by atoms with Gasteiger partial charge in [0, 0.05) is 48.4 Å². The maximum absolute atomic E-state index is 13.1. The lowest BCUT2D eigenvalue weighted by Crippen LogP contribution is -2.28. The molecule has 0 radical (unpaired) electrons. The number of aromatic amines is 1. The van der Waals surface area contributed by atoms with Crippen molar-refractivity contribution < 1.29 is 4.79 Å². The van der Waals surface area contributed by atoms with E-state index in [1.807, 2.05) is 30.5 Å². The highest BCUT2D eigenvalue weighted by Crippen LogP contribution is 2.37. The monoisotopic (exact) mass is 426 g/mol. The number of rotatable bonds is 5. The lowest BCUT2D eigenvalue weighted by Gasteiger charge is -2.33. The molecule has 0 aliphatic carbocycles. The molecule has 0 saturated carbocycles. The van der Waals surface area contributed by atoms with Gasteiger partial charge in [-0.2, -0.15) is 0 Å². The molecule has 1 aliphatic heterocycles. The van der Waals surface area contributed by atoms with E-state index >= 15 is 0 Å². The minimum atomic E-state index is -0.198. The highest BCUT2D eigenvalue weighted by Gasteiger charge is 2.27. The fourth-order valence-corrected chi connectivity index (χ4v) is 4.27. The first-order chi connectivity index (χ1) is 15.5. The molecule has 162 valence electrons. The van der Waals surface area contributed by atoms with Crippen molar-refractivity contribution >= 4 is 34.1 Å². The molecule has 4 N–H and O–H groups in total. The van der Waals surface area contributed by atoms with Crippen LogP contribution in [0.1, 0.15) is 41.8 Å². The number of carbonyl (C=O) groups excluding carboxylic acids is 1. The zero-order valence-electron chi connectivity index (χ0n) is 18.2. The number of nitrogens with one attached hydrogen (secondary N) is 4. The molecular formula is C25H26N6O. The second-order valence-electron chi connectivity index (χ2n) is 8.74. The van der Waals surface area contributed by atoms with Crippen molar-refractivity contribution in [3.8, 4) is 0 Å². The summed E-state index contributed by atoms with van der Waals surface area (Å²) >= 11 is 0. The smallest absolute Gasteiger partial charge is 0.259 e. The zero-order valence-corrected chi connectivity index (χ0v) is 18.2. The largest absolute Gasteiger partial charge is 0.385 e. The molecule has 4 aromatic rings. The number of amides is 1. The molecule has 0 spiro atoms. The Hall–Kier alpha value is -3.87. The van der Waals surface area contributed by atoms with E-state index in [9.17, 15) is 4.79 Å². The Morgan fingerprint density at radius 3 is 2.88 bits per heavy atom. The molecule has 0 atom stereocenters. The standard InChI is InChI=1S/C25H26N6O/c1-25(2)9-12-26-21-13-17(7-8-20(21)25)31-24(32)19-6-4-11-28-23(19)30-15-16-14-29-22-18(16)5-3-10-27-22/h3-8,10-11,13-14,26H,9,12,15H2,1-2H3,(H,27,29)(H,28,30)(H,31,32). The SMILES string of the molecule is CC1(C)CCNc2cc(NC(=O)c3cccnc3NCc3c[nH]c4ncccc34)ccc21. The lowest BCUT2D eigenvalue weighted by atomic mass is 9.78. The number of nitrogens with zero attached hydrogens (tertiary/aromatic N) is 2. The first kappa shape index (κ1) is 20.1. The van der Waals surface area contributed by atoms with Crippen LogP contribution in [0.5, 0.6) is 0 Å². The number of pyridine rings is 2. The van der Waals surface area contributed by atoms with Gasteiger partial charge in [-0.3, -0.25) is 4.79 Å². The molecule has 7 heteroatoms. The molecule has 0 fully saturated rings. The highest BCUT2D eigenvalue weighted by atomic mass is 16.1. The number of hydrogen-bond donors (Lipinski definition) is 4. The van der Waals surface area contributed by atoms with E-state index in [4.69, 9.17) is 0 Å². The molecule has 7 nitrogen and oxygen atoms in total. The lowest BCUT2D eigenvalue weighted by molar-refractivity contribution is 0.102. The first-order valence-corrected chi connectivity index (χ1v) is 10.8. The summed E-state index contributed by atoms with van der Waals surface area (Å²) < 4.78 is 0. The Morgan fingerprint density at radius 2 is 1.97 bits per heavy atom. The molecule has 4 heterocycles. The minimum Gasteiger partial charge on any atom is -0.385 e. The van der Waals surface area contributed by atoms with Gasteiger partial charge >= 0.3 is 0 Å². The van der Waals surface area contributed by atoms with Gasteiger partial charge in [-0.1, -0.05) is 19.9 Å². The van der Waals surface area contributed by atoms with Gasteiger partial charge in [0.1, 0.15) is 11.5 Å². The third-order valence-electron chi connectivity index (χ3n) is 6.11. The summed E-state index contributed by atoms with van der Waals surface area (Å²) in [6, 6.07) is 13.6. The quantitative estimate of drug-likeness (QED) is 0.364. The number of anilines is 3. The first-order valence-electron chi connectivity index (χ1n) is 10.8. The average molecular weight is 427 g/mol. The van der Waals surface area contributed by atoms with Gasteiger partial charge in [-0.25, -0.2) is 9.97 Å². The summed E-state index contributed by atoms with van der Waals surface area (Å²) in [4.78, 5) is 25.0. The van der Waals surface area contributed by atoms with Crippen molar-refractivity contribution in [1.82, 2.24) is 15.0 Å². The summed E-state index contributed by atoms with van der Waals surface area (Å²) in [6.45, 7) is 5.96. The average Bonchev–Trinajstić information content (AvgIpc) is 3.20. The topological polar surface area (TPSA) is 94.7 Å². The second-order valence-corrected chi connectivity index (χ2v) is 8.74. The van der Waals surface area contributed by atoms with E-state index in [0.717, 1.165) is 40.9 Å². The number of H-pyrrole nitrogens is 1. The summed E-state index contributed by atoms with van der Waals surface area (Å²) in [5.74, 6) is 0.344. The van der Waals surface area contributed by atoms with Crippen LogP contribution in [0.3, 0.4) is 0 Å². The molecule has 0 bridgehead atoms. The van der Waals surface area contributed by atoms with Crippen LogP contribution in [0, 0.1) is 0 Å². The molecule has 32 heavy (non-hydrogen) atoms. The van der Waals surface area contributed by atoms with Gasteiger partial charge in [0.15, 0.2) is 0 Å². The molecule has 1 aromatic carbocycles. The number of carbonyl (C=O) groups is 1. The molecule has 5 rings (SSSR count). The molecule has 0 unspecified atom stereocenters. The summed E-state index contributed by atoms with van der Waals surface area (Å²) in [5, 5.41) is 10.8. The van der Waals surface area contributed by atoms with Crippen LogP contribution >= 0.6 is 0 Å². The van der Waals surface area contributed by atoms with E-state index in [0.29, 0.717) is 17.9 Å². The molecule has 0 saturated heterocycles. The van der Waals surface area contributed by atoms with E-state index in [1.165, 1.54) is 5.56 Å². The predicted octanol–water partition coefficient (Wildman–Crippen LogP) is 4.92. The van der Waals surface area contributed by atoms with Gasteiger partial charge in [0.25, 0.3) is 5.91 Å². The van der Waals surface area contributed by atoms with Crippen LogP contribution in [0.2, 0.25) is 0 Å². The van der Waals surface area contributed by atoms with Crippen LogP contribution < -0.4 is 16.0 Å². The van der Waals surface area contributed by atoms with Crippen LogP contribution in [0.4, 0.5) is 17.2 Å². The van der Waals surface area contributed by atoms with Crippen molar-refractivity contribution in [3.05, 3.63) is 77.7 Å². The minimum absolute atomic E-state index is 0.126. The van der Waals surface area contributed by atoms with Crippen LogP contribution in [0.15, 0.2) is 61.1 Å². The molecular weight excluding hydrogens is 400 g/mol.